The van der Waals surface area contributed by atoms with Crippen LogP contribution in [0.3, 0.4) is 0 Å². The van der Waals surface area contributed by atoms with Crippen molar-refractivity contribution in [3.05, 3.63) is 53.3 Å². The van der Waals surface area contributed by atoms with Gasteiger partial charge in [-0.3, -0.25) is 4.79 Å². The Labute approximate surface area is 175 Å². The summed E-state index contributed by atoms with van der Waals surface area (Å²) < 4.78 is 16.4. The van der Waals surface area contributed by atoms with Gasteiger partial charge in [-0.05, 0) is 35.9 Å². The summed E-state index contributed by atoms with van der Waals surface area (Å²) in [5.74, 6) is -0.709. The molecule has 0 aromatic heterocycles. The van der Waals surface area contributed by atoms with E-state index in [0.29, 0.717) is 5.56 Å². The van der Waals surface area contributed by atoms with Gasteiger partial charge in [-0.2, -0.15) is 0 Å². The van der Waals surface area contributed by atoms with Gasteiger partial charge in [0, 0.05) is 6.07 Å². The first-order valence-corrected chi connectivity index (χ1v) is 9.36. The molecule has 2 aromatic rings. The zero-order valence-electron chi connectivity index (χ0n) is 16.0. The number of carbonyl (C=O) groups excluding carboxylic acids is 1. The first-order chi connectivity index (χ1) is 14.8. The molecule has 4 rings (SSSR count). The van der Waals surface area contributed by atoms with Crippen LogP contribution in [0.2, 0.25) is 0 Å². The van der Waals surface area contributed by atoms with Gasteiger partial charge in [0.25, 0.3) is 0 Å². The third kappa shape index (κ3) is 3.94. The van der Waals surface area contributed by atoms with Crippen molar-refractivity contribution >= 4 is 11.9 Å². The van der Waals surface area contributed by atoms with E-state index in [2.05, 4.69) is 0 Å². The molecule has 10 heteroatoms. The Balaban J connectivity index is 1.53. The van der Waals surface area contributed by atoms with Crippen molar-refractivity contribution < 1.29 is 49.6 Å². The van der Waals surface area contributed by atoms with Crippen molar-refractivity contribution in [3.8, 4) is 23.0 Å². The topological polar surface area (TPSA) is 166 Å². The van der Waals surface area contributed by atoms with E-state index in [4.69, 9.17) is 14.2 Å². The summed E-state index contributed by atoms with van der Waals surface area (Å²) >= 11 is 0. The molecule has 2 aliphatic rings. The lowest BCUT2D eigenvalue weighted by molar-refractivity contribution is -0.277. The summed E-state index contributed by atoms with van der Waals surface area (Å²) in [6, 6.07) is 8.33. The Morgan fingerprint density at radius 1 is 0.968 bits per heavy atom. The van der Waals surface area contributed by atoms with E-state index in [1.165, 1.54) is 42.5 Å². The lowest BCUT2D eigenvalue weighted by atomic mass is 9.99. The van der Waals surface area contributed by atoms with Crippen LogP contribution in [-0.2, 0) is 4.74 Å². The van der Waals surface area contributed by atoms with Crippen molar-refractivity contribution in [1.82, 2.24) is 0 Å². The Morgan fingerprint density at radius 3 is 2.45 bits per heavy atom. The second kappa shape index (κ2) is 8.17. The number of hydrogen-bond acceptors (Lipinski definition) is 10. The highest BCUT2D eigenvalue weighted by Crippen LogP contribution is 2.36. The molecule has 164 valence electrons. The molecule has 0 unspecified atom stereocenters. The molecule has 2 heterocycles. The van der Waals surface area contributed by atoms with Gasteiger partial charge in [0.15, 0.2) is 17.3 Å². The van der Waals surface area contributed by atoms with Crippen LogP contribution in [0.1, 0.15) is 15.9 Å². The van der Waals surface area contributed by atoms with Crippen LogP contribution in [0.5, 0.6) is 23.0 Å². The van der Waals surface area contributed by atoms with Gasteiger partial charge in [-0.1, -0.05) is 6.07 Å². The number of benzene rings is 2. The van der Waals surface area contributed by atoms with Crippen LogP contribution >= 0.6 is 0 Å². The van der Waals surface area contributed by atoms with Crippen molar-refractivity contribution in [2.45, 2.75) is 30.7 Å². The molecule has 6 N–H and O–H groups in total. The number of Topliss-reactive ketones (excluding diaryl/α,β-unsaturated/α-hetero) is 1. The molecular formula is C21H20O10. The lowest BCUT2D eigenvalue weighted by Gasteiger charge is -2.39. The summed E-state index contributed by atoms with van der Waals surface area (Å²) in [4.78, 5) is 12.6. The van der Waals surface area contributed by atoms with Crippen LogP contribution in [-0.4, -0.2) is 73.7 Å². The van der Waals surface area contributed by atoms with Crippen molar-refractivity contribution in [1.29, 1.82) is 0 Å². The van der Waals surface area contributed by atoms with Crippen LogP contribution in [0.4, 0.5) is 0 Å². The maximum absolute atomic E-state index is 12.6. The minimum absolute atomic E-state index is 0.00919. The number of aliphatic hydroxyl groups is 4. The quantitative estimate of drug-likeness (QED) is 0.283. The summed E-state index contributed by atoms with van der Waals surface area (Å²) in [5.41, 5.74) is 0.694. The molecule has 0 radical (unpaired) electrons. The standard InChI is InChI=1S/C21H20O10/c22-8-16-18(26)19(27)20(28)21(31-16)29-10-2-3-11-14(7-10)30-15(17(11)25)6-9-1-4-12(23)13(24)5-9/h1-7,16,18-24,26-28H,8H2/b15-6-/t16-,18-,19+,20-,21-/m1/s1. The number of ketones is 1. The highest BCUT2D eigenvalue weighted by molar-refractivity contribution is 6.14. The largest absolute Gasteiger partial charge is 0.504 e. The van der Waals surface area contributed by atoms with Crippen LogP contribution in [0.25, 0.3) is 6.08 Å². The van der Waals surface area contributed by atoms with Crippen LogP contribution in [0.15, 0.2) is 42.2 Å². The third-order valence-electron chi connectivity index (χ3n) is 5.04. The summed E-state index contributed by atoms with van der Waals surface area (Å²) in [6.45, 7) is -0.590. The summed E-state index contributed by atoms with van der Waals surface area (Å²) in [5, 5.41) is 58.0. The smallest absolute Gasteiger partial charge is 0.231 e. The van der Waals surface area contributed by atoms with E-state index in [1.54, 1.807) is 0 Å². The van der Waals surface area contributed by atoms with Crippen molar-refractivity contribution in [2.75, 3.05) is 6.61 Å². The normalized spacial score (nSPS) is 29.0. The van der Waals surface area contributed by atoms with Gasteiger partial charge in [0.05, 0.1) is 12.2 Å². The first-order valence-electron chi connectivity index (χ1n) is 9.36. The number of allylic oxidation sites excluding steroid dienone is 1. The molecule has 31 heavy (non-hydrogen) atoms. The van der Waals surface area contributed by atoms with Gasteiger partial charge in [-0.15, -0.1) is 0 Å². The summed E-state index contributed by atoms with van der Waals surface area (Å²) in [6.07, 6.45) is -5.76. The van der Waals surface area contributed by atoms with E-state index in [1.807, 2.05) is 0 Å². The van der Waals surface area contributed by atoms with Gasteiger partial charge in [0.2, 0.25) is 12.1 Å². The second-order valence-corrected chi connectivity index (χ2v) is 7.16. The fourth-order valence-corrected chi connectivity index (χ4v) is 3.32. The number of fused-ring (bicyclic) bond motifs is 1. The van der Waals surface area contributed by atoms with E-state index >= 15 is 0 Å². The third-order valence-corrected chi connectivity index (χ3v) is 5.04. The molecule has 2 aromatic carbocycles. The molecule has 0 saturated carbocycles. The Bertz CT molecular complexity index is 1030. The van der Waals surface area contributed by atoms with Crippen LogP contribution in [0, 0.1) is 0 Å². The molecule has 0 amide bonds. The number of rotatable bonds is 4. The maximum Gasteiger partial charge on any atom is 0.231 e. The van der Waals surface area contributed by atoms with Crippen molar-refractivity contribution in [3.63, 3.8) is 0 Å². The van der Waals surface area contributed by atoms with Gasteiger partial charge in [0.1, 0.15) is 35.9 Å². The number of phenols is 2. The number of ether oxygens (including phenoxy) is 3. The van der Waals surface area contributed by atoms with Crippen molar-refractivity contribution in [2.24, 2.45) is 0 Å². The van der Waals surface area contributed by atoms with Gasteiger partial charge in [-0.25, -0.2) is 0 Å². The average Bonchev–Trinajstić information content (AvgIpc) is 3.05. The van der Waals surface area contributed by atoms with Gasteiger partial charge >= 0.3 is 0 Å². The molecule has 10 nitrogen and oxygen atoms in total. The minimum Gasteiger partial charge on any atom is -0.504 e. The number of aromatic hydroxyl groups is 2. The number of carbonyl (C=O) groups is 1. The highest BCUT2D eigenvalue weighted by atomic mass is 16.7. The summed E-state index contributed by atoms with van der Waals surface area (Å²) in [7, 11) is 0. The Morgan fingerprint density at radius 2 is 1.74 bits per heavy atom. The molecule has 0 aliphatic carbocycles. The predicted molar refractivity (Wildman–Crippen MR) is 104 cm³/mol. The SMILES string of the molecule is O=C1/C(=C/c2ccc(O)c(O)c2)Oc2cc(O[C@@H]3O[C@H](CO)[C@@H](O)[C@H](O)[C@H]3O)ccc21. The lowest BCUT2D eigenvalue weighted by Crippen LogP contribution is -2.60. The number of aliphatic hydroxyl groups excluding tert-OH is 4. The maximum atomic E-state index is 12.6. The molecule has 1 fully saturated rings. The van der Waals surface area contributed by atoms with Crippen LogP contribution < -0.4 is 9.47 Å². The van der Waals surface area contributed by atoms with E-state index in [0.717, 1.165) is 0 Å². The highest BCUT2D eigenvalue weighted by Gasteiger charge is 2.44. The fraction of sp³-hybridized carbons (Fsp3) is 0.286. The second-order valence-electron chi connectivity index (χ2n) is 7.16. The Hall–Kier alpha value is -3.15. The molecule has 2 aliphatic heterocycles. The molecule has 0 bridgehead atoms. The number of phenolic OH excluding ortho intramolecular Hbond substituents is 2. The average molecular weight is 432 g/mol. The van der Waals surface area contributed by atoms with E-state index in [-0.39, 0.29) is 34.3 Å². The number of hydrogen-bond donors (Lipinski definition) is 6. The molecule has 0 spiro atoms. The molecular weight excluding hydrogens is 412 g/mol. The molecule has 5 atom stereocenters. The monoisotopic (exact) mass is 432 g/mol. The van der Waals surface area contributed by atoms with Gasteiger partial charge < -0.3 is 44.8 Å². The fourth-order valence-electron chi connectivity index (χ4n) is 3.32. The first kappa shape index (κ1) is 21.1. The minimum atomic E-state index is -1.58. The zero-order valence-corrected chi connectivity index (χ0v) is 16.0. The van der Waals surface area contributed by atoms with E-state index in [9.17, 15) is 35.4 Å². The molecule has 1 saturated heterocycles. The Kier molecular flexibility index (Phi) is 5.56. The van der Waals surface area contributed by atoms with E-state index < -0.39 is 43.1 Å². The predicted octanol–water partition coefficient (Wildman–Crippen LogP) is -0.107. The zero-order chi connectivity index (χ0) is 22.3.